The fourth-order valence-corrected chi connectivity index (χ4v) is 3.75. The van der Waals surface area contributed by atoms with Gasteiger partial charge in [-0.1, -0.05) is 6.92 Å². The second kappa shape index (κ2) is 7.77. The van der Waals surface area contributed by atoms with Crippen LogP contribution >= 0.6 is 0 Å². The highest BCUT2D eigenvalue weighted by Crippen LogP contribution is 2.24. The third-order valence-corrected chi connectivity index (χ3v) is 5.20. The molecule has 1 aromatic carbocycles. The van der Waals surface area contributed by atoms with Crippen LogP contribution in [0.1, 0.15) is 25.0 Å². The van der Waals surface area contributed by atoms with Gasteiger partial charge in [0.05, 0.1) is 4.90 Å². The summed E-state index contributed by atoms with van der Waals surface area (Å²) >= 11 is 0. The highest BCUT2D eigenvalue weighted by atomic mass is 32.2. The van der Waals surface area contributed by atoms with Gasteiger partial charge in [0.2, 0.25) is 10.0 Å². The third kappa shape index (κ3) is 4.98. The zero-order valence-electron chi connectivity index (χ0n) is 13.7. The first-order chi connectivity index (χ1) is 9.81. The van der Waals surface area contributed by atoms with Crippen LogP contribution in [0.25, 0.3) is 0 Å². The van der Waals surface area contributed by atoms with E-state index in [-0.39, 0.29) is 0 Å². The fourth-order valence-electron chi connectivity index (χ4n) is 2.28. The Labute approximate surface area is 128 Å². The highest BCUT2D eigenvalue weighted by Gasteiger charge is 2.19. The van der Waals surface area contributed by atoms with Gasteiger partial charge >= 0.3 is 0 Å². The molecule has 0 bridgehead atoms. The second-order valence-electron chi connectivity index (χ2n) is 5.26. The number of anilines is 1. The Morgan fingerprint density at radius 2 is 1.71 bits per heavy atom. The highest BCUT2D eigenvalue weighted by molar-refractivity contribution is 7.89. The average molecular weight is 313 g/mol. The minimum Gasteiger partial charge on any atom is -0.385 e. The Morgan fingerprint density at radius 1 is 1.14 bits per heavy atom. The summed E-state index contributed by atoms with van der Waals surface area (Å²) in [6.07, 6.45) is 0. The maximum Gasteiger partial charge on any atom is 0.241 e. The number of sulfonamides is 1. The molecule has 0 aliphatic heterocycles. The average Bonchev–Trinajstić information content (AvgIpc) is 2.37. The Kier molecular flexibility index (Phi) is 6.64. The first kappa shape index (κ1) is 17.9. The Bertz CT molecular complexity index is 547. The van der Waals surface area contributed by atoms with Crippen LogP contribution < -0.4 is 10.0 Å². The first-order valence-electron chi connectivity index (χ1n) is 7.35. The van der Waals surface area contributed by atoms with Crippen LogP contribution in [0.4, 0.5) is 5.69 Å². The maximum absolute atomic E-state index is 12.5. The van der Waals surface area contributed by atoms with Crippen molar-refractivity contribution in [3.05, 3.63) is 23.3 Å². The van der Waals surface area contributed by atoms with E-state index in [0.29, 0.717) is 18.0 Å². The van der Waals surface area contributed by atoms with Gasteiger partial charge in [0.25, 0.3) is 0 Å². The largest absolute Gasteiger partial charge is 0.385 e. The number of aryl methyl sites for hydroxylation is 2. The quantitative estimate of drug-likeness (QED) is 0.770. The van der Waals surface area contributed by atoms with E-state index in [1.54, 1.807) is 0 Å². The summed E-state index contributed by atoms with van der Waals surface area (Å²) < 4.78 is 27.6. The SMILES string of the molecule is CCNc1cc(C)c(S(=O)(=O)NCCN(C)CC)c(C)c1. The Morgan fingerprint density at radius 3 is 2.19 bits per heavy atom. The second-order valence-corrected chi connectivity index (χ2v) is 6.97. The van der Waals surface area contributed by atoms with Gasteiger partial charge in [-0.2, -0.15) is 0 Å². The van der Waals surface area contributed by atoms with Gasteiger partial charge in [0.1, 0.15) is 0 Å². The maximum atomic E-state index is 12.5. The van der Waals surface area contributed by atoms with Crippen molar-refractivity contribution in [3.63, 3.8) is 0 Å². The fraction of sp³-hybridized carbons (Fsp3) is 0.600. The molecule has 0 saturated carbocycles. The van der Waals surface area contributed by atoms with E-state index in [9.17, 15) is 8.42 Å². The molecule has 0 aromatic heterocycles. The molecule has 5 nitrogen and oxygen atoms in total. The lowest BCUT2D eigenvalue weighted by molar-refractivity contribution is 0.358. The van der Waals surface area contributed by atoms with E-state index in [4.69, 9.17) is 0 Å². The number of nitrogens with zero attached hydrogens (tertiary/aromatic N) is 1. The van der Waals surface area contributed by atoms with Crippen molar-refractivity contribution in [2.75, 3.05) is 38.5 Å². The van der Waals surface area contributed by atoms with Gasteiger partial charge < -0.3 is 10.2 Å². The van der Waals surface area contributed by atoms with Crippen molar-refractivity contribution in [1.29, 1.82) is 0 Å². The lowest BCUT2D eigenvalue weighted by Gasteiger charge is -2.17. The molecule has 0 atom stereocenters. The van der Waals surface area contributed by atoms with Crippen LogP contribution in [0.5, 0.6) is 0 Å². The van der Waals surface area contributed by atoms with E-state index in [1.165, 1.54) is 0 Å². The van der Waals surface area contributed by atoms with E-state index in [2.05, 4.69) is 14.9 Å². The van der Waals surface area contributed by atoms with Gasteiger partial charge in [0, 0.05) is 25.3 Å². The van der Waals surface area contributed by atoms with Crippen molar-refractivity contribution in [1.82, 2.24) is 9.62 Å². The Balaban J connectivity index is 2.93. The van der Waals surface area contributed by atoms with Crippen LogP contribution in [-0.4, -0.2) is 46.5 Å². The molecule has 0 fully saturated rings. The van der Waals surface area contributed by atoms with Gasteiger partial charge in [-0.3, -0.25) is 0 Å². The summed E-state index contributed by atoms with van der Waals surface area (Å²) in [7, 11) is -1.49. The van der Waals surface area contributed by atoms with E-state index in [1.807, 2.05) is 46.9 Å². The van der Waals surface area contributed by atoms with Crippen LogP contribution in [0, 0.1) is 13.8 Å². The summed E-state index contributed by atoms with van der Waals surface area (Å²) in [5.74, 6) is 0. The summed E-state index contributed by atoms with van der Waals surface area (Å²) in [5, 5.41) is 3.21. The van der Waals surface area contributed by atoms with Crippen LogP contribution in [0.3, 0.4) is 0 Å². The molecule has 0 amide bonds. The zero-order valence-corrected chi connectivity index (χ0v) is 14.5. The van der Waals surface area contributed by atoms with E-state index in [0.717, 1.165) is 29.9 Å². The lowest BCUT2D eigenvalue weighted by atomic mass is 10.1. The molecule has 2 N–H and O–H groups in total. The number of hydrogen-bond acceptors (Lipinski definition) is 4. The van der Waals surface area contributed by atoms with Gasteiger partial charge in [-0.15, -0.1) is 0 Å². The molecule has 1 rings (SSSR count). The number of hydrogen-bond donors (Lipinski definition) is 2. The monoisotopic (exact) mass is 313 g/mol. The van der Waals surface area contributed by atoms with E-state index < -0.39 is 10.0 Å². The normalized spacial score (nSPS) is 11.9. The van der Waals surface area contributed by atoms with Crippen molar-refractivity contribution >= 4 is 15.7 Å². The predicted octanol–water partition coefficient (Wildman–Crippen LogP) is 1.97. The minimum atomic E-state index is -3.46. The topological polar surface area (TPSA) is 61.4 Å². The summed E-state index contributed by atoms with van der Waals surface area (Å²) in [5.41, 5.74) is 2.49. The molecule has 0 unspecified atom stereocenters. The lowest BCUT2D eigenvalue weighted by Crippen LogP contribution is -2.33. The number of benzene rings is 1. The van der Waals surface area contributed by atoms with E-state index >= 15 is 0 Å². The first-order valence-corrected chi connectivity index (χ1v) is 8.83. The van der Waals surface area contributed by atoms with Crippen molar-refractivity contribution in [3.8, 4) is 0 Å². The molecule has 0 aliphatic rings. The minimum absolute atomic E-state index is 0.392. The molecule has 0 aliphatic carbocycles. The van der Waals surface area contributed by atoms with Crippen LogP contribution in [0.15, 0.2) is 17.0 Å². The van der Waals surface area contributed by atoms with Gasteiger partial charge in [0.15, 0.2) is 0 Å². The summed E-state index contributed by atoms with van der Waals surface area (Å²) in [6, 6.07) is 3.76. The smallest absolute Gasteiger partial charge is 0.241 e. The number of rotatable bonds is 8. The number of nitrogens with one attached hydrogen (secondary N) is 2. The molecule has 0 spiro atoms. The molecular formula is C15H27N3O2S. The van der Waals surface area contributed by atoms with Crippen LogP contribution in [0.2, 0.25) is 0 Å². The number of likely N-dealkylation sites (N-methyl/N-ethyl adjacent to an activating group) is 1. The van der Waals surface area contributed by atoms with Gasteiger partial charge in [-0.25, -0.2) is 13.1 Å². The molecule has 0 saturated heterocycles. The molecule has 1 aromatic rings. The standard InChI is InChI=1S/C15H27N3O2S/c1-6-16-14-10-12(3)15(13(4)11-14)21(19,20)17-8-9-18(5)7-2/h10-11,16-17H,6-9H2,1-5H3. The zero-order chi connectivity index (χ0) is 16.0. The molecular weight excluding hydrogens is 286 g/mol. The van der Waals surface area contributed by atoms with Crippen molar-refractivity contribution in [2.24, 2.45) is 0 Å². The molecule has 0 radical (unpaired) electrons. The summed E-state index contributed by atoms with van der Waals surface area (Å²) in [6.45, 7) is 10.6. The molecule has 6 heteroatoms. The summed E-state index contributed by atoms with van der Waals surface area (Å²) in [4.78, 5) is 2.46. The third-order valence-electron chi connectivity index (χ3n) is 3.44. The molecule has 21 heavy (non-hydrogen) atoms. The predicted molar refractivity (Wildman–Crippen MR) is 88.4 cm³/mol. The van der Waals surface area contributed by atoms with Crippen molar-refractivity contribution in [2.45, 2.75) is 32.6 Å². The van der Waals surface area contributed by atoms with Crippen molar-refractivity contribution < 1.29 is 8.42 Å². The van der Waals surface area contributed by atoms with Crippen LogP contribution in [-0.2, 0) is 10.0 Å². The van der Waals surface area contributed by atoms with Gasteiger partial charge in [-0.05, 0) is 57.6 Å². The Hall–Kier alpha value is -1.11. The molecule has 0 heterocycles. The molecule has 120 valence electrons.